The number of rotatable bonds is 4. The number of piperidine rings is 1. The third-order valence-electron chi connectivity index (χ3n) is 6.85. The van der Waals surface area contributed by atoms with Crippen molar-refractivity contribution in [3.05, 3.63) is 66.0 Å². The normalized spacial score (nSPS) is 30.0. The molecule has 1 aromatic heterocycles. The van der Waals surface area contributed by atoms with E-state index in [4.69, 9.17) is 0 Å². The average molecular weight is 337 g/mol. The quantitative estimate of drug-likeness (QED) is 0.863. The summed E-state index contributed by atoms with van der Waals surface area (Å²) in [6.45, 7) is 0. The van der Waals surface area contributed by atoms with E-state index in [1.54, 1.807) is 6.20 Å². The molecule has 1 N–H and O–H groups in total. The first-order chi connectivity index (χ1) is 12.0. The lowest BCUT2D eigenvalue weighted by atomic mass is 9.76. The molecular formula is C22H29N2O+. The molecule has 0 saturated carbocycles. The van der Waals surface area contributed by atoms with Crippen LogP contribution in [0.4, 0.5) is 0 Å². The molecule has 25 heavy (non-hydrogen) atoms. The molecule has 2 fully saturated rings. The summed E-state index contributed by atoms with van der Waals surface area (Å²) in [5.41, 5.74) is 0.731. The van der Waals surface area contributed by atoms with E-state index in [1.807, 2.05) is 48.5 Å². The van der Waals surface area contributed by atoms with E-state index >= 15 is 0 Å². The maximum Gasteiger partial charge on any atom is 0.132 e. The van der Waals surface area contributed by atoms with E-state index in [1.165, 1.54) is 30.2 Å². The number of fused-ring (bicyclic) bond motifs is 2. The number of benzene rings is 1. The Labute approximate surface area is 150 Å². The minimum absolute atomic E-state index is 0.552. The van der Waals surface area contributed by atoms with E-state index in [9.17, 15) is 5.11 Å². The zero-order chi connectivity index (χ0) is 17.5. The van der Waals surface area contributed by atoms with Gasteiger partial charge in [0.05, 0.1) is 31.9 Å². The van der Waals surface area contributed by atoms with Crippen molar-refractivity contribution >= 4 is 0 Å². The molecule has 3 heteroatoms. The second-order valence-electron chi connectivity index (χ2n) is 8.50. The third kappa shape index (κ3) is 2.90. The van der Waals surface area contributed by atoms with Crippen LogP contribution in [0.2, 0.25) is 0 Å². The maximum atomic E-state index is 11.8. The number of aliphatic hydroxyl groups is 1. The van der Waals surface area contributed by atoms with Crippen LogP contribution in [0, 0.1) is 5.92 Å². The number of hydrogen-bond acceptors (Lipinski definition) is 2. The van der Waals surface area contributed by atoms with Crippen LogP contribution in [0.3, 0.4) is 0 Å². The standard InChI is InChI=1S/C22H29N2O/c1-24(2)19-11-12-20(24)15-17(14-19)16-22(25,18-8-4-3-5-9-18)21-10-6-7-13-23-21/h3-10,13,17,19-20,25H,11-12,14-16H2,1-2H3/q+1/t17?,19-,20+,22?. The average Bonchev–Trinajstić information content (AvgIpc) is 2.80. The van der Waals surface area contributed by atoms with Gasteiger partial charge < -0.3 is 9.59 Å². The molecule has 1 aromatic carbocycles. The molecule has 2 aliphatic heterocycles. The van der Waals surface area contributed by atoms with E-state index in [2.05, 4.69) is 19.1 Å². The number of aromatic nitrogens is 1. The van der Waals surface area contributed by atoms with Crippen LogP contribution in [0.25, 0.3) is 0 Å². The second kappa shape index (κ2) is 6.22. The highest BCUT2D eigenvalue weighted by atomic mass is 16.3. The summed E-state index contributed by atoms with van der Waals surface area (Å²) in [4.78, 5) is 4.52. The fourth-order valence-electron chi connectivity index (χ4n) is 5.27. The van der Waals surface area contributed by atoms with Crippen LogP contribution in [0.1, 0.15) is 43.4 Å². The molecule has 2 aliphatic rings. The van der Waals surface area contributed by atoms with Crippen LogP contribution in [0.15, 0.2) is 54.7 Å². The van der Waals surface area contributed by atoms with Gasteiger partial charge in [-0.25, -0.2) is 0 Å². The van der Waals surface area contributed by atoms with Gasteiger partial charge in [0.2, 0.25) is 0 Å². The van der Waals surface area contributed by atoms with Gasteiger partial charge in [0.1, 0.15) is 5.60 Å². The summed E-state index contributed by atoms with van der Waals surface area (Å²) in [7, 11) is 4.78. The monoisotopic (exact) mass is 337 g/mol. The Hall–Kier alpha value is -1.71. The van der Waals surface area contributed by atoms with Gasteiger partial charge in [0, 0.05) is 31.9 Å². The first kappa shape index (κ1) is 16.7. The fourth-order valence-corrected chi connectivity index (χ4v) is 5.27. The van der Waals surface area contributed by atoms with Crippen molar-refractivity contribution in [2.24, 2.45) is 5.92 Å². The molecule has 4 rings (SSSR count). The maximum absolute atomic E-state index is 11.8. The second-order valence-corrected chi connectivity index (χ2v) is 8.50. The van der Waals surface area contributed by atoms with Crippen molar-refractivity contribution in [2.75, 3.05) is 14.1 Å². The summed E-state index contributed by atoms with van der Waals surface area (Å²) in [5.74, 6) is 0.552. The van der Waals surface area contributed by atoms with Gasteiger partial charge in [0.25, 0.3) is 0 Å². The van der Waals surface area contributed by atoms with Gasteiger partial charge in [-0.05, 0) is 30.0 Å². The van der Waals surface area contributed by atoms with Gasteiger partial charge in [-0.1, -0.05) is 36.4 Å². The lowest BCUT2D eigenvalue weighted by Crippen LogP contribution is -2.55. The lowest BCUT2D eigenvalue weighted by molar-refractivity contribution is -0.931. The van der Waals surface area contributed by atoms with Crippen molar-refractivity contribution < 1.29 is 9.59 Å². The Bertz CT molecular complexity index is 658. The molecule has 0 aliphatic carbocycles. The summed E-state index contributed by atoms with van der Waals surface area (Å²) in [6.07, 6.45) is 7.65. The van der Waals surface area contributed by atoms with E-state index in [0.29, 0.717) is 5.92 Å². The van der Waals surface area contributed by atoms with Gasteiger partial charge >= 0.3 is 0 Å². The Morgan fingerprint density at radius 2 is 1.64 bits per heavy atom. The van der Waals surface area contributed by atoms with Crippen LogP contribution in [-0.2, 0) is 5.60 Å². The predicted molar refractivity (Wildman–Crippen MR) is 99.9 cm³/mol. The van der Waals surface area contributed by atoms with Crippen LogP contribution in [0.5, 0.6) is 0 Å². The van der Waals surface area contributed by atoms with Crippen molar-refractivity contribution in [1.29, 1.82) is 0 Å². The molecule has 2 bridgehead atoms. The largest absolute Gasteiger partial charge is 0.379 e. The highest BCUT2D eigenvalue weighted by Gasteiger charge is 2.50. The molecule has 2 saturated heterocycles. The summed E-state index contributed by atoms with van der Waals surface area (Å²) < 4.78 is 1.17. The zero-order valence-electron chi connectivity index (χ0n) is 15.3. The minimum atomic E-state index is -0.999. The molecule has 4 atom stereocenters. The van der Waals surface area contributed by atoms with Crippen LogP contribution < -0.4 is 0 Å². The van der Waals surface area contributed by atoms with Crippen molar-refractivity contribution in [3.8, 4) is 0 Å². The smallest absolute Gasteiger partial charge is 0.132 e. The number of nitrogens with zero attached hydrogens (tertiary/aromatic N) is 2. The Balaban J connectivity index is 1.65. The molecule has 2 unspecified atom stereocenters. The number of hydrogen-bond donors (Lipinski definition) is 1. The molecule has 132 valence electrons. The molecular weight excluding hydrogens is 308 g/mol. The molecule has 0 radical (unpaired) electrons. The molecule has 3 nitrogen and oxygen atoms in total. The van der Waals surface area contributed by atoms with Crippen LogP contribution >= 0.6 is 0 Å². The van der Waals surface area contributed by atoms with Crippen molar-refractivity contribution in [1.82, 2.24) is 4.98 Å². The summed E-state index contributed by atoms with van der Waals surface area (Å²) in [5, 5.41) is 11.8. The Morgan fingerprint density at radius 1 is 1.00 bits per heavy atom. The van der Waals surface area contributed by atoms with Gasteiger partial charge in [-0.3, -0.25) is 4.98 Å². The Kier molecular flexibility index (Phi) is 4.17. The lowest BCUT2D eigenvalue weighted by Gasteiger charge is -2.45. The van der Waals surface area contributed by atoms with E-state index in [-0.39, 0.29) is 0 Å². The van der Waals surface area contributed by atoms with Gasteiger partial charge in [-0.15, -0.1) is 0 Å². The van der Waals surface area contributed by atoms with Crippen molar-refractivity contribution in [3.63, 3.8) is 0 Å². The van der Waals surface area contributed by atoms with E-state index in [0.717, 1.165) is 29.8 Å². The number of pyridine rings is 1. The first-order valence-corrected chi connectivity index (χ1v) is 9.53. The van der Waals surface area contributed by atoms with E-state index < -0.39 is 5.60 Å². The molecule has 0 amide bonds. The minimum Gasteiger partial charge on any atom is -0.379 e. The van der Waals surface area contributed by atoms with Gasteiger partial charge in [-0.2, -0.15) is 0 Å². The molecule has 0 spiro atoms. The summed E-state index contributed by atoms with van der Waals surface area (Å²) >= 11 is 0. The number of quaternary nitrogens is 1. The first-order valence-electron chi connectivity index (χ1n) is 9.53. The topological polar surface area (TPSA) is 33.1 Å². The third-order valence-corrected chi connectivity index (χ3v) is 6.85. The highest BCUT2D eigenvalue weighted by molar-refractivity contribution is 5.32. The van der Waals surface area contributed by atoms with Crippen LogP contribution in [-0.4, -0.2) is 40.8 Å². The van der Waals surface area contributed by atoms with Gasteiger partial charge in [0.15, 0.2) is 0 Å². The highest BCUT2D eigenvalue weighted by Crippen LogP contribution is 2.46. The molecule has 2 aromatic rings. The zero-order valence-corrected chi connectivity index (χ0v) is 15.3. The van der Waals surface area contributed by atoms with Crippen molar-refractivity contribution in [2.45, 2.75) is 49.8 Å². The Morgan fingerprint density at radius 3 is 2.24 bits per heavy atom. The summed E-state index contributed by atoms with van der Waals surface area (Å²) in [6, 6.07) is 17.4. The predicted octanol–water partition coefficient (Wildman–Crippen LogP) is 3.73. The fraction of sp³-hybridized carbons (Fsp3) is 0.500. The SMILES string of the molecule is C[N+]1(C)[C@@H]2CC[C@H]1CC(CC(O)(c1ccccc1)c1ccccn1)C2. The molecule has 3 heterocycles.